The van der Waals surface area contributed by atoms with Crippen LogP contribution in [-0.2, 0) is 0 Å². The van der Waals surface area contributed by atoms with Crippen LogP contribution in [-0.4, -0.2) is 7.11 Å². The molecule has 0 amide bonds. The smallest absolute Gasteiger partial charge is 0.137 e. The van der Waals surface area contributed by atoms with Crippen LogP contribution in [0.15, 0.2) is 18.2 Å². The second-order valence-electron chi connectivity index (χ2n) is 4.46. The molecule has 0 aromatic heterocycles. The summed E-state index contributed by atoms with van der Waals surface area (Å²) in [5, 5.41) is 0.643. The number of nitrogens with two attached hydrogens (primary N) is 1. The van der Waals surface area contributed by atoms with Crippen molar-refractivity contribution < 1.29 is 4.74 Å². The normalized spacial score (nSPS) is 18.7. The fourth-order valence-electron chi connectivity index (χ4n) is 2.47. The van der Waals surface area contributed by atoms with E-state index in [0.717, 1.165) is 5.56 Å². The summed E-state index contributed by atoms with van der Waals surface area (Å²) in [5.41, 5.74) is 7.41. The minimum absolute atomic E-state index is 0.119. The first-order chi connectivity index (χ1) is 7.72. The molecule has 16 heavy (non-hydrogen) atoms. The average Bonchev–Trinajstić information content (AvgIpc) is 2.82. The quantitative estimate of drug-likeness (QED) is 0.876. The molecule has 88 valence electrons. The van der Waals surface area contributed by atoms with Gasteiger partial charge in [-0.1, -0.05) is 30.5 Å². The van der Waals surface area contributed by atoms with E-state index in [1.54, 1.807) is 7.11 Å². The summed E-state index contributed by atoms with van der Waals surface area (Å²) in [5.74, 6) is 1.33. The van der Waals surface area contributed by atoms with Gasteiger partial charge in [0.05, 0.1) is 12.1 Å². The van der Waals surface area contributed by atoms with E-state index in [-0.39, 0.29) is 6.04 Å². The summed E-state index contributed by atoms with van der Waals surface area (Å²) in [6.07, 6.45) is 5.10. The molecular weight excluding hydrogens is 222 g/mol. The molecule has 2 nitrogen and oxygen atoms in total. The molecule has 2 rings (SSSR count). The number of ether oxygens (including phenoxy) is 1. The number of hydrogen-bond acceptors (Lipinski definition) is 2. The first-order valence-electron chi connectivity index (χ1n) is 5.81. The maximum atomic E-state index is 6.28. The lowest BCUT2D eigenvalue weighted by Crippen LogP contribution is -2.19. The zero-order valence-corrected chi connectivity index (χ0v) is 10.3. The van der Waals surface area contributed by atoms with Crippen LogP contribution in [0, 0.1) is 5.92 Å². The van der Waals surface area contributed by atoms with Crippen molar-refractivity contribution in [3.63, 3.8) is 0 Å². The van der Waals surface area contributed by atoms with Gasteiger partial charge < -0.3 is 10.5 Å². The summed E-state index contributed by atoms with van der Waals surface area (Å²) in [6.45, 7) is 0. The Hall–Kier alpha value is -0.730. The Labute approximate surface area is 102 Å². The summed E-state index contributed by atoms with van der Waals surface area (Å²) in [4.78, 5) is 0. The highest BCUT2D eigenvalue weighted by atomic mass is 35.5. The third-order valence-corrected chi connectivity index (χ3v) is 3.78. The molecule has 3 heteroatoms. The van der Waals surface area contributed by atoms with Gasteiger partial charge in [-0.15, -0.1) is 0 Å². The van der Waals surface area contributed by atoms with Crippen molar-refractivity contribution in [1.29, 1.82) is 0 Å². The van der Waals surface area contributed by atoms with Gasteiger partial charge in [0.25, 0.3) is 0 Å². The number of hydrogen-bond donors (Lipinski definition) is 1. The molecule has 1 aliphatic carbocycles. The van der Waals surface area contributed by atoms with Gasteiger partial charge in [-0.05, 0) is 36.5 Å². The van der Waals surface area contributed by atoms with Crippen molar-refractivity contribution in [2.75, 3.05) is 7.11 Å². The molecule has 0 radical (unpaired) electrons. The Balaban J connectivity index is 2.19. The zero-order chi connectivity index (χ0) is 11.5. The second-order valence-corrected chi connectivity index (χ2v) is 4.87. The van der Waals surface area contributed by atoms with E-state index in [2.05, 4.69) is 0 Å². The average molecular weight is 240 g/mol. The van der Waals surface area contributed by atoms with E-state index in [1.807, 2.05) is 18.2 Å². The van der Waals surface area contributed by atoms with Crippen LogP contribution in [0.5, 0.6) is 5.75 Å². The summed E-state index contributed by atoms with van der Waals surface area (Å²) >= 11 is 5.99. The van der Waals surface area contributed by atoms with E-state index in [1.165, 1.54) is 25.7 Å². The Bertz CT molecular complexity index is 361. The minimum atomic E-state index is 0.119. The Kier molecular flexibility index (Phi) is 3.72. The molecule has 1 saturated carbocycles. The van der Waals surface area contributed by atoms with Gasteiger partial charge in [0.15, 0.2) is 0 Å². The third-order valence-electron chi connectivity index (χ3n) is 3.47. The molecule has 0 aliphatic heterocycles. The molecular formula is C13H18ClNO. The minimum Gasteiger partial charge on any atom is -0.495 e. The molecule has 2 N–H and O–H groups in total. The molecule has 1 aliphatic rings. The number of rotatable bonds is 3. The molecule has 0 bridgehead atoms. The first kappa shape index (κ1) is 11.7. The van der Waals surface area contributed by atoms with Gasteiger partial charge in [0.2, 0.25) is 0 Å². The number of halogens is 1. The van der Waals surface area contributed by atoms with Crippen molar-refractivity contribution in [1.82, 2.24) is 0 Å². The summed E-state index contributed by atoms with van der Waals surface area (Å²) < 4.78 is 5.21. The fraction of sp³-hybridized carbons (Fsp3) is 0.538. The lowest BCUT2D eigenvalue weighted by atomic mass is 9.92. The second kappa shape index (κ2) is 5.07. The van der Waals surface area contributed by atoms with E-state index >= 15 is 0 Å². The molecule has 0 saturated heterocycles. The Morgan fingerprint density at radius 2 is 2.06 bits per heavy atom. The molecule has 1 fully saturated rings. The van der Waals surface area contributed by atoms with Crippen molar-refractivity contribution in [3.05, 3.63) is 28.8 Å². The van der Waals surface area contributed by atoms with E-state index in [9.17, 15) is 0 Å². The number of benzene rings is 1. The maximum absolute atomic E-state index is 6.28. The van der Waals surface area contributed by atoms with Gasteiger partial charge in [0.1, 0.15) is 5.75 Å². The predicted octanol–water partition coefficient (Wildman–Crippen LogP) is 3.54. The predicted molar refractivity (Wildman–Crippen MR) is 66.9 cm³/mol. The molecule has 0 heterocycles. The summed E-state index contributed by atoms with van der Waals surface area (Å²) in [7, 11) is 1.63. The van der Waals surface area contributed by atoms with Gasteiger partial charge in [0, 0.05) is 6.04 Å². The van der Waals surface area contributed by atoms with E-state index in [0.29, 0.717) is 16.7 Å². The lowest BCUT2D eigenvalue weighted by molar-refractivity contribution is 0.409. The molecule has 0 spiro atoms. The van der Waals surface area contributed by atoms with Crippen molar-refractivity contribution in [2.24, 2.45) is 11.7 Å². The molecule has 0 unspecified atom stereocenters. The lowest BCUT2D eigenvalue weighted by Gasteiger charge is -2.20. The largest absolute Gasteiger partial charge is 0.495 e. The number of methoxy groups -OCH3 is 1. The van der Waals surface area contributed by atoms with Gasteiger partial charge in [-0.2, -0.15) is 0 Å². The first-order valence-corrected chi connectivity index (χ1v) is 6.19. The van der Waals surface area contributed by atoms with Crippen LogP contribution in [0.25, 0.3) is 0 Å². The van der Waals surface area contributed by atoms with Crippen molar-refractivity contribution >= 4 is 11.6 Å². The van der Waals surface area contributed by atoms with Crippen molar-refractivity contribution in [3.8, 4) is 5.75 Å². The van der Waals surface area contributed by atoms with Crippen LogP contribution >= 0.6 is 11.6 Å². The Morgan fingerprint density at radius 3 is 2.69 bits per heavy atom. The van der Waals surface area contributed by atoms with Gasteiger partial charge in [-0.25, -0.2) is 0 Å². The van der Waals surface area contributed by atoms with E-state index < -0.39 is 0 Å². The van der Waals surface area contributed by atoms with E-state index in [4.69, 9.17) is 22.1 Å². The molecule has 1 aromatic carbocycles. The highest BCUT2D eigenvalue weighted by Crippen LogP contribution is 2.36. The Morgan fingerprint density at radius 1 is 1.38 bits per heavy atom. The van der Waals surface area contributed by atoms with Gasteiger partial charge in [-0.3, -0.25) is 0 Å². The van der Waals surface area contributed by atoms with Crippen LogP contribution in [0.4, 0.5) is 0 Å². The third kappa shape index (κ3) is 2.33. The standard InChI is InChI=1S/C13H18ClNO/c1-16-12-8-10(6-7-11(12)14)13(15)9-4-2-3-5-9/h6-9,13H,2-5,15H2,1H3/t13-/m0/s1. The SMILES string of the molecule is COc1cc([C@@H](N)C2CCCC2)ccc1Cl. The zero-order valence-electron chi connectivity index (χ0n) is 9.58. The van der Waals surface area contributed by atoms with Crippen LogP contribution in [0.2, 0.25) is 5.02 Å². The highest BCUT2D eigenvalue weighted by Gasteiger charge is 2.23. The van der Waals surface area contributed by atoms with Crippen LogP contribution < -0.4 is 10.5 Å². The fourth-order valence-corrected chi connectivity index (χ4v) is 2.67. The van der Waals surface area contributed by atoms with Crippen LogP contribution in [0.1, 0.15) is 37.3 Å². The van der Waals surface area contributed by atoms with Crippen LogP contribution in [0.3, 0.4) is 0 Å². The van der Waals surface area contributed by atoms with Crippen molar-refractivity contribution in [2.45, 2.75) is 31.7 Å². The summed E-state index contributed by atoms with van der Waals surface area (Å²) in [6, 6.07) is 5.96. The molecule has 1 aromatic rings. The monoisotopic (exact) mass is 239 g/mol. The highest BCUT2D eigenvalue weighted by molar-refractivity contribution is 6.32. The molecule has 1 atom stereocenters. The topological polar surface area (TPSA) is 35.2 Å². The maximum Gasteiger partial charge on any atom is 0.137 e. The van der Waals surface area contributed by atoms with Gasteiger partial charge >= 0.3 is 0 Å².